The van der Waals surface area contributed by atoms with E-state index >= 15 is 0 Å². The number of esters is 1. The quantitative estimate of drug-likeness (QED) is 0.759. The van der Waals surface area contributed by atoms with Gasteiger partial charge in [0.05, 0.1) is 7.11 Å². The van der Waals surface area contributed by atoms with Crippen LogP contribution < -0.4 is 4.74 Å². The average molecular weight is 241 g/mol. The Labute approximate surface area is 99.6 Å². The molecular formula is C12H13ClO3. The van der Waals surface area contributed by atoms with Gasteiger partial charge in [-0.2, -0.15) is 0 Å². The number of hydrogen-bond acceptors (Lipinski definition) is 3. The second-order valence-corrected chi connectivity index (χ2v) is 3.66. The zero-order chi connectivity index (χ0) is 12.1. The number of hydrogen-bond donors (Lipinski definition) is 0. The Morgan fingerprint density at radius 3 is 2.69 bits per heavy atom. The molecule has 0 saturated carbocycles. The van der Waals surface area contributed by atoms with Crippen LogP contribution >= 0.6 is 11.6 Å². The highest BCUT2D eigenvalue weighted by Gasteiger charge is 2.07. The fraction of sp³-hybridized carbons (Fsp3) is 0.250. The lowest BCUT2D eigenvalue weighted by Gasteiger charge is -2.10. The Hall–Kier alpha value is -1.48. The van der Waals surface area contributed by atoms with Gasteiger partial charge in [0.15, 0.2) is 0 Å². The Kier molecular flexibility index (Phi) is 4.38. The van der Waals surface area contributed by atoms with E-state index in [1.54, 1.807) is 25.3 Å². The summed E-state index contributed by atoms with van der Waals surface area (Å²) in [5.41, 5.74) is 1.53. The molecule has 0 saturated heterocycles. The summed E-state index contributed by atoms with van der Waals surface area (Å²) in [6, 6.07) is 5.33. The molecule has 1 rings (SSSR count). The van der Waals surface area contributed by atoms with Crippen molar-refractivity contribution in [2.75, 3.05) is 7.11 Å². The molecule has 4 heteroatoms. The summed E-state index contributed by atoms with van der Waals surface area (Å²) in [5.74, 6) is 0.345. The average Bonchev–Trinajstić information content (AvgIpc) is 2.25. The summed E-state index contributed by atoms with van der Waals surface area (Å²) in [6.45, 7) is 5.17. The molecule has 0 aliphatic carbocycles. The lowest BCUT2D eigenvalue weighted by molar-refractivity contribution is -0.142. The molecule has 0 fully saturated rings. The molecule has 86 valence electrons. The van der Waals surface area contributed by atoms with E-state index in [4.69, 9.17) is 21.1 Å². The van der Waals surface area contributed by atoms with E-state index in [0.717, 1.165) is 11.1 Å². The summed E-state index contributed by atoms with van der Waals surface area (Å²) in [7, 11) is 1.57. The van der Waals surface area contributed by atoms with Crippen LogP contribution in [0.15, 0.2) is 24.8 Å². The van der Waals surface area contributed by atoms with Crippen LogP contribution in [0.25, 0.3) is 5.03 Å². The van der Waals surface area contributed by atoms with Gasteiger partial charge in [-0.05, 0) is 23.8 Å². The van der Waals surface area contributed by atoms with Crippen molar-refractivity contribution < 1.29 is 14.3 Å². The maximum absolute atomic E-state index is 10.7. The molecule has 0 unspecified atom stereocenters. The minimum Gasteiger partial charge on any atom is -0.497 e. The number of carbonyl (C=O) groups is 1. The second-order valence-electron chi connectivity index (χ2n) is 3.21. The molecule has 0 N–H and O–H groups in total. The van der Waals surface area contributed by atoms with E-state index in [1.165, 1.54) is 6.92 Å². The highest BCUT2D eigenvalue weighted by Crippen LogP contribution is 2.25. The first-order valence-corrected chi connectivity index (χ1v) is 5.07. The van der Waals surface area contributed by atoms with Crippen LogP contribution in [0, 0.1) is 0 Å². The zero-order valence-electron chi connectivity index (χ0n) is 9.25. The van der Waals surface area contributed by atoms with Gasteiger partial charge in [0.2, 0.25) is 0 Å². The van der Waals surface area contributed by atoms with Gasteiger partial charge >= 0.3 is 5.97 Å². The van der Waals surface area contributed by atoms with Crippen LogP contribution in [0.5, 0.6) is 5.75 Å². The van der Waals surface area contributed by atoms with Crippen molar-refractivity contribution >= 4 is 22.6 Å². The molecule has 0 aromatic heterocycles. The zero-order valence-corrected chi connectivity index (χ0v) is 10.0. The standard InChI is InChI=1S/C12H13ClO3/c1-8(13)12-5-4-11(15-3)6-10(12)7-16-9(2)14/h4-6H,1,7H2,2-3H3. The van der Waals surface area contributed by atoms with Crippen molar-refractivity contribution in [1.29, 1.82) is 0 Å². The van der Waals surface area contributed by atoms with Crippen molar-refractivity contribution in [3.63, 3.8) is 0 Å². The van der Waals surface area contributed by atoms with E-state index < -0.39 is 0 Å². The van der Waals surface area contributed by atoms with E-state index in [0.29, 0.717) is 10.8 Å². The monoisotopic (exact) mass is 240 g/mol. The largest absolute Gasteiger partial charge is 0.497 e. The van der Waals surface area contributed by atoms with Crippen molar-refractivity contribution in [2.45, 2.75) is 13.5 Å². The fourth-order valence-electron chi connectivity index (χ4n) is 1.26. The second kappa shape index (κ2) is 5.56. The number of halogens is 1. The van der Waals surface area contributed by atoms with Crippen molar-refractivity contribution in [2.24, 2.45) is 0 Å². The van der Waals surface area contributed by atoms with E-state index in [-0.39, 0.29) is 12.6 Å². The smallest absolute Gasteiger partial charge is 0.302 e. The van der Waals surface area contributed by atoms with Gasteiger partial charge in [0.1, 0.15) is 12.4 Å². The van der Waals surface area contributed by atoms with Gasteiger partial charge in [-0.3, -0.25) is 4.79 Å². The Morgan fingerprint density at radius 1 is 1.50 bits per heavy atom. The highest BCUT2D eigenvalue weighted by atomic mass is 35.5. The molecule has 3 nitrogen and oxygen atoms in total. The summed E-state index contributed by atoms with van der Waals surface area (Å²) in [6.07, 6.45) is 0. The number of rotatable bonds is 4. The summed E-state index contributed by atoms with van der Waals surface area (Å²) >= 11 is 5.84. The van der Waals surface area contributed by atoms with Gasteiger partial charge in [-0.1, -0.05) is 18.2 Å². The van der Waals surface area contributed by atoms with Crippen LogP contribution in [-0.4, -0.2) is 13.1 Å². The molecule has 0 heterocycles. The normalized spacial score (nSPS) is 9.69. The Balaban J connectivity index is 3.00. The molecule has 0 radical (unpaired) electrons. The van der Waals surface area contributed by atoms with Gasteiger partial charge < -0.3 is 9.47 Å². The van der Waals surface area contributed by atoms with E-state index in [2.05, 4.69) is 6.58 Å². The van der Waals surface area contributed by atoms with Crippen LogP contribution in [-0.2, 0) is 16.1 Å². The molecular weight excluding hydrogens is 228 g/mol. The van der Waals surface area contributed by atoms with Crippen LogP contribution in [0.4, 0.5) is 0 Å². The molecule has 1 aromatic carbocycles. The molecule has 0 spiro atoms. The number of benzene rings is 1. The lowest BCUT2D eigenvalue weighted by Crippen LogP contribution is -2.01. The highest BCUT2D eigenvalue weighted by molar-refractivity contribution is 6.48. The summed E-state index contributed by atoms with van der Waals surface area (Å²) < 4.78 is 10.0. The van der Waals surface area contributed by atoms with Gasteiger partial charge in [-0.25, -0.2) is 0 Å². The number of carbonyl (C=O) groups excluding carboxylic acids is 1. The minimum absolute atomic E-state index is 0.160. The van der Waals surface area contributed by atoms with Crippen molar-refractivity contribution in [3.05, 3.63) is 35.9 Å². The van der Waals surface area contributed by atoms with Crippen molar-refractivity contribution in [1.82, 2.24) is 0 Å². The molecule has 1 aromatic rings. The van der Waals surface area contributed by atoms with E-state index in [1.807, 2.05) is 0 Å². The van der Waals surface area contributed by atoms with E-state index in [9.17, 15) is 4.79 Å². The summed E-state index contributed by atoms with van der Waals surface area (Å²) in [5, 5.41) is 0.407. The molecule has 0 amide bonds. The third-order valence-electron chi connectivity index (χ3n) is 2.04. The Bertz CT molecular complexity index is 413. The lowest BCUT2D eigenvalue weighted by atomic mass is 10.1. The van der Waals surface area contributed by atoms with Crippen LogP contribution in [0.1, 0.15) is 18.1 Å². The molecule has 0 bridgehead atoms. The SMILES string of the molecule is C=C(Cl)c1ccc(OC)cc1COC(C)=O. The number of ether oxygens (including phenoxy) is 2. The van der Waals surface area contributed by atoms with Gasteiger partial charge in [-0.15, -0.1) is 0 Å². The first-order chi connectivity index (χ1) is 7.54. The summed E-state index contributed by atoms with van der Waals surface area (Å²) in [4.78, 5) is 10.7. The fourth-order valence-corrected chi connectivity index (χ4v) is 1.44. The predicted octanol–water partition coefficient (Wildman–Crippen LogP) is 2.97. The minimum atomic E-state index is -0.339. The first-order valence-electron chi connectivity index (χ1n) is 4.69. The van der Waals surface area contributed by atoms with Gasteiger partial charge in [0.25, 0.3) is 0 Å². The first kappa shape index (κ1) is 12.6. The third kappa shape index (κ3) is 3.28. The third-order valence-corrected chi connectivity index (χ3v) is 2.24. The maximum atomic E-state index is 10.7. The molecule has 16 heavy (non-hydrogen) atoms. The molecule has 0 atom stereocenters. The molecule has 0 aliphatic heterocycles. The van der Waals surface area contributed by atoms with Gasteiger partial charge in [0, 0.05) is 17.5 Å². The number of methoxy groups -OCH3 is 1. The maximum Gasteiger partial charge on any atom is 0.302 e. The molecule has 0 aliphatic rings. The Morgan fingerprint density at radius 2 is 2.19 bits per heavy atom. The predicted molar refractivity (Wildman–Crippen MR) is 63.4 cm³/mol. The topological polar surface area (TPSA) is 35.5 Å². The van der Waals surface area contributed by atoms with Crippen LogP contribution in [0.2, 0.25) is 0 Å². The van der Waals surface area contributed by atoms with Crippen molar-refractivity contribution in [3.8, 4) is 5.75 Å². The van der Waals surface area contributed by atoms with Crippen LogP contribution in [0.3, 0.4) is 0 Å².